The van der Waals surface area contributed by atoms with Crippen LogP contribution in [0, 0.1) is 13.8 Å². The van der Waals surface area contributed by atoms with Crippen molar-refractivity contribution in [1.29, 1.82) is 0 Å². The van der Waals surface area contributed by atoms with Crippen molar-refractivity contribution in [1.82, 2.24) is 9.47 Å². The molecule has 0 aliphatic carbocycles. The Kier molecular flexibility index (Phi) is 6.03. The number of benzene rings is 3. The van der Waals surface area contributed by atoms with Crippen molar-refractivity contribution >= 4 is 22.4 Å². The molecule has 0 saturated carbocycles. The topological polar surface area (TPSA) is 54.8 Å². The summed E-state index contributed by atoms with van der Waals surface area (Å²) in [5.41, 5.74) is 4.80. The summed E-state index contributed by atoms with van der Waals surface area (Å²) in [5, 5.41) is 1.21. The highest BCUT2D eigenvalue weighted by molar-refractivity contribution is 6.06. The van der Waals surface area contributed by atoms with Gasteiger partial charge in [-0.3, -0.25) is 14.2 Å². The summed E-state index contributed by atoms with van der Waals surface area (Å²) in [6.07, 6.45) is 1.69. The summed E-state index contributed by atoms with van der Waals surface area (Å²) < 4.78 is 6.80. The number of nitrogens with zero attached hydrogens (tertiary/aromatic N) is 3. The first-order valence-corrected chi connectivity index (χ1v) is 11.9. The number of pyridine rings is 1. The Morgan fingerprint density at radius 1 is 0.857 bits per heavy atom. The number of hydrogen-bond donors (Lipinski definition) is 0. The van der Waals surface area contributed by atoms with Gasteiger partial charge in [-0.1, -0.05) is 35.9 Å². The third-order valence-electron chi connectivity index (χ3n) is 6.77. The molecule has 0 radical (unpaired) electrons. The van der Waals surface area contributed by atoms with Gasteiger partial charge in [-0.15, -0.1) is 0 Å². The lowest BCUT2D eigenvalue weighted by molar-refractivity contribution is 0.0748. The number of piperazine rings is 1. The minimum Gasteiger partial charge on any atom is -0.497 e. The van der Waals surface area contributed by atoms with Crippen LogP contribution in [-0.2, 0) is 0 Å². The minimum atomic E-state index is -0.151. The van der Waals surface area contributed by atoms with Crippen LogP contribution < -0.4 is 15.2 Å². The van der Waals surface area contributed by atoms with Gasteiger partial charge in [0, 0.05) is 54.5 Å². The quantitative estimate of drug-likeness (QED) is 0.441. The molecular weight excluding hydrogens is 438 g/mol. The Labute approximate surface area is 205 Å². The number of hydrogen-bond acceptors (Lipinski definition) is 4. The fraction of sp³-hybridized carbons (Fsp3) is 0.241. The largest absolute Gasteiger partial charge is 0.497 e. The Morgan fingerprint density at radius 3 is 2.20 bits per heavy atom. The second-order valence-corrected chi connectivity index (χ2v) is 9.03. The van der Waals surface area contributed by atoms with Crippen LogP contribution >= 0.6 is 0 Å². The summed E-state index contributed by atoms with van der Waals surface area (Å²) >= 11 is 0. The van der Waals surface area contributed by atoms with Crippen molar-refractivity contribution in [3.8, 4) is 11.4 Å². The highest BCUT2D eigenvalue weighted by Gasteiger charge is 2.25. The lowest BCUT2D eigenvalue weighted by Crippen LogP contribution is -2.49. The van der Waals surface area contributed by atoms with Crippen LogP contribution in [0.5, 0.6) is 5.75 Å². The molecule has 0 N–H and O–H groups in total. The molecule has 178 valence electrons. The van der Waals surface area contributed by atoms with Gasteiger partial charge in [0.05, 0.1) is 12.7 Å². The molecule has 1 aromatic heterocycles. The van der Waals surface area contributed by atoms with E-state index in [9.17, 15) is 9.59 Å². The van der Waals surface area contributed by atoms with Crippen LogP contribution in [0.15, 0.2) is 77.7 Å². The van der Waals surface area contributed by atoms with E-state index in [0.29, 0.717) is 40.9 Å². The van der Waals surface area contributed by atoms with Crippen LogP contribution in [0.3, 0.4) is 0 Å². The van der Waals surface area contributed by atoms with Gasteiger partial charge >= 0.3 is 0 Å². The van der Waals surface area contributed by atoms with Gasteiger partial charge in [0.1, 0.15) is 5.75 Å². The van der Waals surface area contributed by atoms with Crippen molar-refractivity contribution in [3.05, 3.63) is 100.0 Å². The molecule has 1 aliphatic rings. The van der Waals surface area contributed by atoms with Gasteiger partial charge in [-0.05, 0) is 55.8 Å². The van der Waals surface area contributed by atoms with Gasteiger partial charge < -0.3 is 14.5 Å². The van der Waals surface area contributed by atoms with Crippen LogP contribution in [0.2, 0.25) is 0 Å². The zero-order valence-electron chi connectivity index (χ0n) is 20.3. The van der Waals surface area contributed by atoms with Crippen molar-refractivity contribution in [2.24, 2.45) is 0 Å². The number of methoxy groups -OCH3 is 1. The van der Waals surface area contributed by atoms with Crippen LogP contribution in [0.1, 0.15) is 21.5 Å². The predicted molar refractivity (Wildman–Crippen MR) is 140 cm³/mol. The minimum absolute atomic E-state index is 0.0521. The second kappa shape index (κ2) is 9.29. The van der Waals surface area contributed by atoms with E-state index in [0.717, 1.165) is 13.1 Å². The smallest absolute Gasteiger partial charge is 0.262 e. The Hall–Kier alpha value is -4.06. The van der Waals surface area contributed by atoms with E-state index >= 15 is 0 Å². The van der Waals surface area contributed by atoms with E-state index < -0.39 is 0 Å². The number of aryl methyl sites for hydroxylation is 2. The molecule has 0 atom stereocenters. The number of rotatable bonds is 4. The Morgan fingerprint density at radius 2 is 1.54 bits per heavy atom. The zero-order chi connectivity index (χ0) is 24.5. The molecular formula is C29H29N3O3. The maximum Gasteiger partial charge on any atom is 0.262 e. The number of carbonyl (C=O) groups is 1. The van der Waals surface area contributed by atoms with Crippen molar-refractivity contribution in [2.75, 3.05) is 38.2 Å². The van der Waals surface area contributed by atoms with Crippen molar-refractivity contribution in [2.45, 2.75) is 13.8 Å². The normalized spacial score (nSPS) is 13.8. The van der Waals surface area contributed by atoms with Gasteiger partial charge in [0.2, 0.25) is 0 Å². The molecule has 1 amide bonds. The molecule has 1 fully saturated rings. The fourth-order valence-corrected chi connectivity index (χ4v) is 4.88. The standard InChI is InChI=1S/C29H29N3O3/c1-20-8-13-27(21(2)18-20)30-14-16-31(17-15-30)28(33)26-19-32(22-9-11-23(35-3)12-10-22)29(34)25-7-5-4-6-24(25)26/h4-13,18-19H,14-17H2,1-3H3. The average Bonchev–Trinajstić information content (AvgIpc) is 2.89. The molecule has 6 heteroatoms. The molecule has 5 rings (SSSR count). The van der Waals surface area contributed by atoms with E-state index in [4.69, 9.17) is 4.74 Å². The van der Waals surface area contributed by atoms with Crippen LogP contribution in [0.25, 0.3) is 16.5 Å². The van der Waals surface area contributed by atoms with Crippen molar-refractivity contribution < 1.29 is 9.53 Å². The average molecular weight is 468 g/mol. The lowest BCUT2D eigenvalue weighted by Gasteiger charge is -2.37. The van der Waals surface area contributed by atoms with Crippen molar-refractivity contribution in [3.63, 3.8) is 0 Å². The predicted octanol–water partition coefficient (Wildman–Crippen LogP) is 4.58. The summed E-state index contributed by atoms with van der Waals surface area (Å²) in [6, 6.07) is 21.1. The van der Waals surface area contributed by atoms with Gasteiger partial charge in [0.25, 0.3) is 11.5 Å². The molecule has 35 heavy (non-hydrogen) atoms. The van der Waals surface area contributed by atoms with Crippen LogP contribution in [0.4, 0.5) is 5.69 Å². The van der Waals surface area contributed by atoms with E-state index in [-0.39, 0.29) is 11.5 Å². The first-order chi connectivity index (χ1) is 17.0. The van der Waals surface area contributed by atoms with Crippen LogP contribution in [-0.4, -0.2) is 48.7 Å². The Balaban J connectivity index is 1.46. The molecule has 1 aliphatic heterocycles. The molecule has 6 nitrogen and oxygen atoms in total. The second-order valence-electron chi connectivity index (χ2n) is 9.03. The zero-order valence-corrected chi connectivity index (χ0v) is 20.3. The van der Waals surface area contributed by atoms with Gasteiger partial charge in [-0.2, -0.15) is 0 Å². The molecule has 3 aromatic carbocycles. The maximum atomic E-state index is 13.7. The highest BCUT2D eigenvalue weighted by Crippen LogP contribution is 2.25. The summed E-state index contributed by atoms with van der Waals surface area (Å²) in [5.74, 6) is 0.657. The third-order valence-corrected chi connectivity index (χ3v) is 6.77. The van der Waals surface area contributed by atoms with Gasteiger partial charge in [0.15, 0.2) is 0 Å². The first-order valence-electron chi connectivity index (χ1n) is 11.9. The molecule has 0 unspecified atom stereocenters. The fourth-order valence-electron chi connectivity index (χ4n) is 4.88. The number of fused-ring (bicyclic) bond motifs is 1. The Bertz CT molecular complexity index is 1450. The van der Waals surface area contributed by atoms with Gasteiger partial charge in [-0.25, -0.2) is 0 Å². The SMILES string of the molecule is COc1ccc(-n2cc(C(=O)N3CCN(c4ccc(C)cc4C)CC3)c3ccccc3c2=O)cc1. The number of anilines is 1. The summed E-state index contributed by atoms with van der Waals surface area (Å²) in [4.78, 5) is 31.3. The molecule has 2 heterocycles. The maximum absolute atomic E-state index is 13.7. The summed E-state index contributed by atoms with van der Waals surface area (Å²) in [6.45, 7) is 7.03. The molecule has 1 saturated heterocycles. The van der Waals surface area contributed by atoms with E-state index in [1.54, 1.807) is 23.9 Å². The van der Waals surface area contributed by atoms with E-state index in [2.05, 4.69) is 36.9 Å². The van der Waals surface area contributed by atoms with E-state index in [1.165, 1.54) is 16.8 Å². The first kappa shape index (κ1) is 22.7. The highest BCUT2D eigenvalue weighted by atomic mass is 16.5. The number of carbonyl (C=O) groups excluding carboxylic acids is 1. The molecule has 0 spiro atoms. The molecule has 4 aromatic rings. The summed E-state index contributed by atoms with van der Waals surface area (Å²) in [7, 11) is 1.61. The third kappa shape index (κ3) is 4.28. The van der Waals surface area contributed by atoms with E-state index in [1.807, 2.05) is 47.4 Å². The number of aromatic nitrogens is 1. The monoisotopic (exact) mass is 467 g/mol. The number of ether oxygens (including phenoxy) is 1. The number of amides is 1. The lowest BCUT2D eigenvalue weighted by atomic mass is 10.1. The molecule has 0 bridgehead atoms.